The van der Waals surface area contributed by atoms with Crippen LogP contribution < -0.4 is 26.9 Å². The summed E-state index contributed by atoms with van der Waals surface area (Å²) in [6.45, 7) is 4.43. The molecule has 2 N–H and O–H groups in total. The Kier molecular flexibility index (Phi) is 4.95. The number of halogens is 1. The zero-order valence-corrected chi connectivity index (χ0v) is 7.97. The van der Waals surface area contributed by atoms with Gasteiger partial charge in [0, 0.05) is 0 Å². The first-order valence-electron chi connectivity index (χ1n) is 2.96. The monoisotopic (exact) mass is 228 g/mol. The Morgan fingerprint density at radius 2 is 2.12 bits per heavy atom. The summed E-state index contributed by atoms with van der Waals surface area (Å²) in [6, 6.07) is 0. The summed E-state index contributed by atoms with van der Waals surface area (Å²) in [5, 5.41) is 0. The van der Waals surface area contributed by atoms with Gasteiger partial charge in [-0.2, -0.15) is 0 Å². The molecular weight excluding hydrogens is 213 g/mol. The minimum atomic E-state index is 0.276. The van der Waals surface area contributed by atoms with Crippen LogP contribution in [0.4, 0.5) is 0 Å². The van der Waals surface area contributed by atoms with Gasteiger partial charge in [-0.15, -0.1) is 0 Å². The van der Waals surface area contributed by atoms with Crippen molar-refractivity contribution in [3.05, 3.63) is 0 Å². The van der Waals surface area contributed by atoms with E-state index in [1.165, 1.54) is 6.42 Å². The topological polar surface area (TPSA) is 26.0 Å². The SMILES string of the molecule is CCC(C)C(N)[I-]C. The number of nitrogens with two attached hydrogens (primary N) is 1. The van der Waals surface area contributed by atoms with Crippen molar-refractivity contribution in [3.8, 4) is 0 Å². The Balaban J connectivity index is 3.29. The van der Waals surface area contributed by atoms with Crippen molar-refractivity contribution in [2.45, 2.75) is 24.3 Å². The van der Waals surface area contributed by atoms with Crippen molar-refractivity contribution < 1.29 is 21.2 Å². The molecule has 2 unspecified atom stereocenters. The molecule has 0 aliphatic carbocycles. The zero-order valence-electron chi connectivity index (χ0n) is 5.82. The fourth-order valence-corrected chi connectivity index (χ4v) is 2.18. The Hall–Kier alpha value is 0.690. The van der Waals surface area contributed by atoms with E-state index < -0.39 is 0 Å². The molecule has 0 heterocycles. The number of hydrogen-bond acceptors (Lipinski definition) is 1. The first-order valence-corrected chi connectivity index (χ1v) is 6.36. The molecule has 0 aromatic carbocycles. The van der Waals surface area contributed by atoms with Crippen molar-refractivity contribution in [1.82, 2.24) is 0 Å². The van der Waals surface area contributed by atoms with Crippen LogP contribution in [0.15, 0.2) is 0 Å². The van der Waals surface area contributed by atoms with Crippen LogP contribution in [0, 0.1) is 5.92 Å². The molecule has 0 radical (unpaired) electrons. The quantitative estimate of drug-likeness (QED) is 0.339. The number of alkyl halides is 2. The van der Waals surface area contributed by atoms with Crippen molar-refractivity contribution >= 4 is 0 Å². The fraction of sp³-hybridized carbons (Fsp3) is 1.00. The first kappa shape index (κ1) is 8.69. The van der Waals surface area contributed by atoms with Gasteiger partial charge in [-0.25, -0.2) is 0 Å². The van der Waals surface area contributed by atoms with Crippen molar-refractivity contribution in [2.75, 3.05) is 4.93 Å². The molecule has 0 amide bonds. The van der Waals surface area contributed by atoms with E-state index in [0.29, 0.717) is 4.05 Å². The Morgan fingerprint density at radius 3 is 2.25 bits per heavy atom. The molecule has 8 heavy (non-hydrogen) atoms. The van der Waals surface area contributed by atoms with Crippen LogP contribution in [0.25, 0.3) is 0 Å². The third-order valence-electron chi connectivity index (χ3n) is 1.44. The van der Waals surface area contributed by atoms with Gasteiger partial charge >= 0.3 is 62.1 Å². The maximum atomic E-state index is 5.78. The van der Waals surface area contributed by atoms with Crippen molar-refractivity contribution in [1.29, 1.82) is 0 Å². The second-order valence-corrected chi connectivity index (χ2v) is 4.73. The van der Waals surface area contributed by atoms with Gasteiger partial charge in [-0.1, -0.05) is 0 Å². The second-order valence-electron chi connectivity index (χ2n) is 2.05. The predicted octanol–water partition coefficient (Wildman–Crippen LogP) is -1.96. The van der Waals surface area contributed by atoms with Gasteiger partial charge < -0.3 is 0 Å². The molecule has 0 spiro atoms. The molecule has 52 valence electrons. The summed E-state index contributed by atoms with van der Waals surface area (Å²) in [7, 11) is 0. The normalized spacial score (nSPS) is 18.5. The predicted molar refractivity (Wildman–Crippen MR) is 33.4 cm³/mol. The van der Waals surface area contributed by atoms with Crippen LogP contribution in [0.1, 0.15) is 20.3 Å². The van der Waals surface area contributed by atoms with E-state index in [1.54, 1.807) is 0 Å². The molecule has 0 aliphatic heterocycles. The van der Waals surface area contributed by atoms with Gasteiger partial charge in [0.2, 0.25) is 0 Å². The zero-order chi connectivity index (χ0) is 6.57. The van der Waals surface area contributed by atoms with Gasteiger partial charge in [0.25, 0.3) is 0 Å². The molecule has 0 fully saturated rings. The summed E-state index contributed by atoms with van der Waals surface area (Å²) in [5.41, 5.74) is 5.78. The molecule has 0 rings (SSSR count). The summed E-state index contributed by atoms with van der Waals surface area (Å²) in [6.07, 6.45) is 1.23. The van der Waals surface area contributed by atoms with Crippen LogP contribution in [0.5, 0.6) is 0 Å². The molecule has 2 atom stereocenters. The molecule has 0 aromatic heterocycles. The van der Waals surface area contributed by atoms with Crippen LogP contribution in [-0.2, 0) is 0 Å². The summed E-state index contributed by atoms with van der Waals surface area (Å²) in [4.78, 5) is 2.25. The summed E-state index contributed by atoms with van der Waals surface area (Å²) < 4.78 is 0.527. The third kappa shape index (κ3) is 2.87. The standard InChI is InChI=1S/C6H15IN/c1-4-5(2)6(8)7-3/h5-6H,4,8H2,1-3H3/q-1. The fourth-order valence-electron chi connectivity index (χ4n) is 0.440. The van der Waals surface area contributed by atoms with Crippen molar-refractivity contribution in [3.63, 3.8) is 0 Å². The molecule has 2 heteroatoms. The van der Waals surface area contributed by atoms with Gasteiger partial charge in [-0.3, -0.25) is 0 Å². The van der Waals surface area contributed by atoms with E-state index in [1.807, 2.05) is 0 Å². The first-order chi connectivity index (χ1) is 3.72. The van der Waals surface area contributed by atoms with E-state index in [0.717, 1.165) is 5.92 Å². The molecule has 0 aliphatic rings. The van der Waals surface area contributed by atoms with Crippen molar-refractivity contribution in [2.24, 2.45) is 11.7 Å². The van der Waals surface area contributed by atoms with Gasteiger partial charge in [0.05, 0.1) is 0 Å². The molecule has 0 saturated carbocycles. The third-order valence-corrected chi connectivity index (χ3v) is 4.11. The molecular formula is C6H15IN-. The van der Waals surface area contributed by atoms with Crippen LogP contribution in [0.2, 0.25) is 0 Å². The van der Waals surface area contributed by atoms with Gasteiger partial charge in [0.15, 0.2) is 0 Å². The number of rotatable bonds is 3. The van der Waals surface area contributed by atoms with Gasteiger partial charge in [0.1, 0.15) is 0 Å². The van der Waals surface area contributed by atoms with E-state index in [9.17, 15) is 0 Å². The van der Waals surface area contributed by atoms with Crippen LogP contribution in [-0.4, -0.2) is 8.98 Å². The summed E-state index contributed by atoms with van der Waals surface area (Å²) in [5.74, 6) is 0.743. The Bertz CT molecular complexity index is 48.5. The second kappa shape index (κ2) is 4.56. The van der Waals surface area contributed by atoms with E-state index in [-0.39, 0.29) is 21.2 Å². The molecule has 1 nitrogen and oxygen atoms in total. The van der Waals surface area contributed by atoms with Crippen LogP contribution in [0.3, 0.4) is 0 Å². The van der Waals surface area contributed by atoms with Gasteiger partial charge in [-0.05, 0) is 0 Å². The molecule has 0 saturated heterocycles. The summed E-state index contributed by atoms with van der Waals surface area (Å²) >= 11 is 0.276. The van der Waals surface area contributed by atoms with E-state index >= 15 is 0 Å². The Labute approximate surface area is 62.3 Å². The average Bonchev–Trinajstić information content (AvgIpc) is 1.84. The maximum absolute atomic E-state index is 5.78. The Morgan fingerprint density at radius 1 is 1.62 bits per heavy atom. The minimum absolute atomic E-state index is 0.276. The van der Waals surface area contributed by atoms with Crippen LogP contribution >= 0.6 is 0 Å². The van der Waals surface area contributed by atoms with E-state index in [2.05, 4.69) is 18.8 Å². The number of hydrogen-bond donors (Lipinski definition) is 1. The van der Waals surface area contributed by atoms with E-state index in [4.69, 9.17) is 5.73 Å². The average molecular weight is 228 g/mol. The molecule has 0 aromatic rings. The molecule has 0 bridgehead atoms.